The van der Waals surface area contributed by atoms with Crippen molar-refractivity contribution < 1.29 is 4.79 Å². The molecule has 0 radical (unpaired) electrons. The van der Waals surface area contributed by atoms with E-state index in [1.54, 1.807) is 12.4 Å². The second-order valence-corrected chi connectivity index (χ2v) is 6.97. The summed E-state index contributed by atoms with van der Waals surface area (Å²) < 4.78 is 0. The van der Waals surface area contributed by atoms with E-state index in [1.165, 1.54) is 5.56 Å². The van der Waals surface area contributed by atoms with Gasteiger partial charge in [0.25, 0.3) is 5.91 Å². The van der Waals surface area contributed by atoms with E-state index in [2.05, 4.69) is 15.6 Å². The molecule has 0 atom stereocenters. The lowest BCUT2D eigenvalue weighted by atomic mass is 10.1. The molecule has 0 spiro atoms. The van der Waals surface area contributed by atoms with Gasteiger partial charge in [0.1, 0.15) is 0 Å². The maximum atomic E-state index is 12.6. The second kappa shape index (κ2) is 8.69. The van der Waals surface area contributed by atoms with Gasteiger partial charge in [-0.1, -0.05) is 35.9 Å². The number of nitrogens with zero attached hydrogens (tertiary/aromatic N) is 1. The molecular weight excluding hydrogens is 358 g/mol. The summed E-state index contributed by atoms with van der Waals surface area (Å²) in [5.74, 6) is -0.169. The van der Waals surface area contributed by atoms with Crippen molar-refractivity contribution in [2.75, 3.05) is 17.2 Å². The number of aryl methyl sites for hydroxylation is 2. The number of hydrogen-bond donors (Lipinski definition) is 2. The van der Waals surface area contributed by atoms with Gasteiger partial charge in [0.2, 0.25) is 0 Å². The van der Waals surface area contributed by atoms with Crippen LogP contribution >= 0.6 is 11.6 Å². The maximum Gasteiger partial charge on any atom is 0.257 e. The summed E-state index contributed by atoms with van der Waals surface area (Å²) in [4.78, 5) is 16.7. The molecule has 0 fully saturated rings. The Morgan fingerprint density at radius 3 is 2.59 bits per heavy atom. The first-order valence-corrected chi connectivity index (χ1v) is 9.21. The third-order valence-electron chi connectivity index (χ3n) is 4.30. The van der Waals surface area contributed by atoms with Crippen LogP contribution in [0.15, 0.2) is 60.9 Å². The molecule has 5 heteroatoms. The van der Waals surface area contributed by atoms with E-state index >= 15 is 0 Å². The Hall–Kier alpha value is -2.85. The molecule has 0 unspecified atom stereocenters. The van der Waals surface area contributed by atoms with E-state index < -0.39 is 0 Å². The highest BCUT2D eigenvalue weighted by molar-refractivity contribution is 6.30. The van der Waals surface area contributed by atoms with Crippen molar-refractivity contribution in [3.8, 4) is 0 Å². The number of carbonyl (C=O) groups is 1. The molecule has 0 aliphatic carbocycles. The highest BCUT2D eigenvalue weighted by Crippen LogP contribution is 2.18. The molecule has 0 saturated carbocycles. The Labute approximate surface area is 164 Å². The smallest absolute Gasteiger partial charge is 0.257 e. The number of carbonyl (C=O) groups excluding carboxylic acids is 1. The number of aromatic nitrogens is 1. The van der Waals surface area contributed by atoms with E-state index in [-0.39, 0.29) is 5.91 Å². The maximum absolute atomic E-state index is 12.6. The first-order chi connectivity index (χ1) is 13.0. The van der Waals surface area contributed by atoms with Crippen LogP contribution in [-0.2, 0) is 6.42 Å². The van der Waals surface area contributed by atoms with Crippen molar-refractivity contribution in [1.29, 1.82) is 0 Å². The zero-order chi connectivity index (χ0) is 19.2. The molecule has 0 saturated heterocycles. The summed E-state index contributed by atoms with van der Waals surface area (Å²) in [6.07, 6.45) is 4.15. The van der Waals surface area contributed by atoms with Gasteiger partial charge in [-0.3, -0.25) is 9.78 Å². The quantitative estimate of drug-likeness (QED) is 0.614. The average Bonchev–Trinajstić information content (AvgIpc) is 2.66. The van der Waals surface area contributed by atoms with Crippen molar-refractivity contribution in [3.05, 3.63) is 88.2 Å². The fourth-order valence-corrected chi connectivity index (χ4v) is 2.85. The van der Waals surface area contributed by atoms with E-state index in [1.807, 2.05) is 62.4 Å². The lowest BCUT2D eigenvalue weighted by molar-refractivity contribution is 0.102. The van der Waals surface area contributed by atoms with Crippen LogP contribution in [0.3, 0.4) is 0 Å². The topological polar surface area (TPSA) is 54.0 Å². The van der Waals surface area contributed by atoms with Crippen LogP contribution in [0.1, 0.15) is 27.0 Å². The number of nitrogens with one attached hydrogen (secondary N) is 2. The van der Waals surface area contributed by atoms with Gasteiger partial charge in [-0.2, -0.15) is 0 Å². The molecule has 2 aromatic carbocycles. The predicted octanol–water partition coefficient (Wildman–Crippen LogP) is 5.26. The summed E-state index contributed by atoms with van der Waals surface area (Å²) in [5, 5.41) is 7.01. The number of rotatable bonds is 6. The average molecular weight is 380 g/mol. The number of anilines is 2. The highest BCUT2D eigenvalue weighted by Gasteiger charge is 2.09. The molecule has 0 bridgehead atoms. The van der Waals surface area contributed by atoms with Crippen molar-refractivity contribution >= 4 is 28.9 Å². The van der Waals surface area contributed by atoms with E-state index in [0.29, 0.717) is 5.56 Å². The van der Waals surface area contributed by atoms with Crippen LogP contribution in [0.25, 0.3) is 0 Å². The van der Waals surface area contributed by atoms with Crippen molar-refractivity contribution in [3.63, 3.8) is 0 Å². The van der Waals surface area contributed by atoms with Crippen LogP contribution in [0, 0.1) is 13.8 Å². The largest absolute Gasteiger partial charge is 0.383 e. The molecule has 0 aliphatic heterocycles. The minimum absolute atomic E-state index is 0.169. The molecule has 0 aliphatic rings. The number of hydrogen-bond acceptors (Lipinski definition) is 3. The fraction of sp³-hybridized carbons (Fsp3) is 0.182. The number of amides is 1. The molecule has 3 rings (SSSR count). The zero-order valence-corrected chi connectivity index (χ0v) is 16.2. The van der Waals surface area contributed by atoms with E-state index in [4.69, 9.17) is 11.6 Å². The summed E-state index contributed by atoms with van der Waals surface area (Å²) in [6.45, 7) is 4.72. The fourth-order valence-electron chi connectivity index (χ4n) is 2.73. The molecule has 1 heterocycles. The molecule has 3 aromatic rings. The van der Waals surface area contributed by atoms with Crippen molar-refractivity contribution in [2.45, 2.75) is 20.3 Å². The van der Waals surface area contributed by atoms with E-state index in [9.17, 15) is 4.79 Å². The zero-order valence-electron chi connectivity index (χ0n) is 15.4. The van der Waals surface area contributed by atoms with Crippen LogP contribution < -0.4 is 10.6 Å². The highest BCUT2D eigenvalue weighted by atomic mass is 35.5. The molecule has 1 aromatic heterocycles. The van der Waals surface area contributed by atoms with Gasteiger partial charge in [-0.25, -0.2) is 0 Å². The molecule has 138 valence electrons. The van der Waals surface area contributed by atoms with Gasteiger partial charge in [0, 0.05) is 29.6 Å². The molecule has 1 amide bonds. The molecule has 2 N–H and O–H groups in total. The summed E-state index contributed by atoms with van der Waals surface area (Å²) in [7, 11) is 0. The minimum atomic E-state index is -0.169. The molecule has 4 nitrogen and oxygen atoms in total. The lowest BCUT2D eigenvalue weighted by Gasteiger charge is -2.11. The van der Waals surface area contributed by atoms with Crippen molar-refractivity contribution in [2.24, 2.45) is 0 Å². The first kappa shape index (κ1) is 18.9. The predicted molar refractivity (Wildman–Crippen MR) is 112 cm³/mol. The number of benzene rings is 2. The van der Waals surface area contributed by atoms with Crippen LogP contribution in [0.2, 0.25) is 5.02 Å². The van der Waals surface area contributed by atoms with Crippen LogP contribution in [0.5, 0.6) is 0 Å². The SMILES string of the molecule is Cc1ccc(C)c(NC(=O)c2cncc(NCCc3ccc(Cl)cc3)c2)c1. The van der Waals surface area contributed by atoms with Crippen molar-refractivity contribution in [1.82, 2.24) is 4.98 Å². The molecular formula is C22H22ClN3O. The summed E-state index contributed by atoms with van der Waals surface area (Å²) >= 11 is 5.90. The Kier molecular flexibility index (Phi) is 6.09. The summed E-state index contributed by atoms with van der Waals surface area (Å²) in [5.41, 5.74) is 5.49. The van der Waals surface area contributed by atoms with Gasteiger partial charge in [0.05, 0.1) is 11.3 Å². The van der Waals surface area contributed by atoms with Gasteiger partial charge in [-0.15, -0.1) is 0 Å². The Morgan fingerprint density at radius 1 is 1.04 bits per heavy atom. The lowest BCUT2D eigenvalue weighted by Crippen LogP contribution is -2.14. The Morgan fingerprint density at radius 2 is 1.81 bits per heavy atom. The van der Waals surface area contributed by atoms with E-state index in [0.717, 1.165) is 40.5 Å². The second-order valence-electron chi connectivity index (χ2n) is 6.54. The van der Waals surface area contributed by atoms with Crippen LogP contribution in [0.4, 0.5) is 11.4 Å². The van der Waals surface area contributed by atoms with Gasteiger partial charge in [-0.05, 0) is 61.2 Å². The number of halogens is 1. The van der Waals surface area contributed by atoms with Gasteiger partial charge < -0.3 is 10.6 Å². The third-order valence-corrected chi connectivity index (χ3v) is 4.55. The third kappa shape index (κ3) is 5.31. The normalized spacial score (nSPS) is 10.5. The Bertz CT molecular complexity index is 939. The Balaban J connectivity index is 1.61. The van der Waals surface area contributed by atoms with Gasteiger partial charge >= 0.3 is 0 Å². The summed E-state index contributed by atoms with van der Waals surface area (Å²) in [6, 6.07) is 15.6. The first-order valence-electron chi connectivity index (χ1n) is 8.83. The number of pyridine rings is 1. The standard InChI is InChI=1S/C22H22ClN3O/c1-15-3-4-16(2)21(11-15)26-22(27)18-12-20(14-24-13-18)25-10-9-17-5-7-19(23)8-6-17/h3-8,11-14,25H,9-10H2,1-2H3,(H,26,27). The minimum Gasteiger partial charge on any atom is -0.383 e. The van der Waals surface area contributed by atoms with Crippen LogP contribution in [-0.4, -0.2) is 17.4 Å². The molecule has 27 heavy (non-hydrogen) atoms. The van der Waals surface area contributed by atoms with Gasteiger partial charge in [0.15, 0.2) is 0 Å². The monoisotopic (exact) mass is 379 g/mol.